The second-order valence-corrected chi connectivity index (χ2v) is 9.69. The van der Waals surface area contributed by atoms with Crippen molar-refractivity contribution in [3.63, 3.8) is 0 Å². The van der Waals surface area contributed by atoms with Crippen LogP contribution in [0.5, 0.6) is 5.75 Å². The molecular weight excluding hydrogens is 466 g/mol. The van der Waals surface area contributed by atoms with Crippen molar-refractivity contribution in [2.45, 2.75) is 32.4 Å². The number of halogens is 1. The van der Waals surface area contributed by atoms with Gasteiger partial charge in [-0.3, -0.25) is 9.78 Å². The Kier molecular flexibility index (Phi) is 6.69. The number of carbonyl (C=O) groups excluding carboxylic acids is 1. The third-order valence-corrected chi connectivity index (χ3v) is 6.95. The number of nitrogens with zero attached hydrogens (tertiary/aromatic N) is 2. The van der Waals surface area contributed by atoms with Gasteiger partial charge in [-0.1, -0.05) is 17.7 Å². The van der Waals surface area contributed by atoms with E-state index in [9.17, 15) is 4.79 Å². The summed E-state index contributed by atoms with van der Waals surface area (Å²) in [7, 11) is 2.08. The monoisotopic (exact) mass is 495 g/mol. The van der Waals surface area contributed by atoms with Crippen molar-refractivity contribution in [2.75, 3.05) is 38.7 Å². The van der Waals surface area contributed by atoms with Crippen LogP contribution >= 0.6 is 11.6 Å². The van der Waals surface area contributed by atoms with E-state index in [2.05, 4.69) is 32.5 Å². The standard InChI is InChI=1S/C26H30ClN5O3/c1-15-11-21-23(26(33)29-15)25(30-20-6-4-5-19(27)16(20)2)24(31-21)18-7-8-28-12-22(18)35-14-17-13-32(3)9-10-34-17/h4-8,12,15,17,30-31H,9-11,13-14H2,1-3H3,(H,29,33)/t15-,17-/m1/s1. The highest BCUT2D eigenvalue weighted by Crippen LogP contribution is 2.41. The van der Waals surface area contributed by atoms with Gasteiger partial charge in [0, 0.05) is 53.7 Å². The number of anilines is 2. The molecule has 1 aromatic carbocycles. The number of hydrogen-bond donors (Lipinski definition) is 3. The SMILES string of the molecule is Cc1c(Cl)cccc1Nc1c(-c2ccncc2OC[C@H]2CN(C)CCO2)[nH]c2c1C(=O)N[C@H](C)C2. The van der Waals surface area contributed by atoms with Crippen LogP contribution in [0.3, 0.4) is 0 Å². The molecule has 184 valence electrons. The molecule has 8 nitrogen and oxygen atoms in total. The zero-order valence-electron chi connectivity index (χ0n) is 20.2. The third kappa shape index (κ3) is 4.87. The average Bonchev–Trinajstić information content (AvgIpc) is 3.19. The van der Waals surface area contributed by atoms with Crippen LogP contribution in [0.25, 0.3) is 11.3 Å². The maximum atomic E-state index is 13.1. The van der Waals surface area contributed by atoms with Crippen LogP contribution in [0.15, 0.2) is 36.7 Å². The van der Waals surface area contributed by atoms with Crippen LogP contribution < -0.4 is 15.4 Å². The fourth-order valence-corrected chi connectivity index (χ4v) is 4.84. The Morgan fingerprint density at radius 1 is 1.34 bits per heavy atom. The molecule has 0 aliphatic carbocycles. The topological polar surface area (TPSA) is 91.5 Å². The Hall–Kier alpha value is -3.07. The number of amides is 1. The number of aromatic nitrogens is 2. The molecule has 0 bridgehead atoms. The summed E-state index contributed by atoms with van der Waals surface area (Å²) in [6.45, 7) is 6.78. The number of morpholine rings is 1. The molecule has 1 amide bonds. The first-order valence-electron chi connectivity index (χ1n) is 11.9. The first-order valence-corrected chi connectivity index (χ1v) is 12.2. The van der Waals surface area contributed by atoms with E-state index in [1.165, 1.54) is 0 Å². The minimum Gasteiger partial charge on any atom is -0.488 e. The maximum absolute atomic E-state index is 13.1. The van der Waals surface area contributed by atoms with Gasteiger partial charge in [0.05, 0.1) is 29.7 Å². The number of likely N-dealkylation sites (N-methyl/N-ethyl adjacent to an activating group) is 1. The van der Waals surface area contributed by atoms with Gasteiger partial charge in [0.25, 0.3) is 5.91 Å². The van der Waals surface area contributed by atoms with Crippen LogP contribution in [0, 0.1) is 6.92 Å². The number of pyridine rings is 1. The molecule has 2 aliphatic rings. The second-order valence-electron chi connectivity index (χ2n) is 9.28. The Morgan fingerprint density at radius 3 is 3.03 bits per heavy atom. The first-order chi connectivity index (χ1) is 16.9. The van der Waals surface area contributed by atoms with Crippen molar-refractivity contribution in [2.24, 2.45) is 0 Å². The van der Waals surface area contributed by atoms with Gasteiger partial charge in [-0.2, -0.15) is 0 Å². The molecule has 0 unspecified atom stereocenters. The Balaban J connectivity index is 1.54. The summed E-state index contributed by atoms with van der Waals surface area (Å²) in [5, 5.41) is 7.19. The van der Waals surface area contributed by atoms with Crippen LogP contribution in [0.4, 0.5) is 11.4 Å². The molecule has 1 saturated heterocycles. The van der Waals surface area contributed by atoms with E-state index in [4.69, 9.17) is 21.1 Å². The van der Waals surface area contributed by atoms with Crippen molar-refractivity contribution in [1.82, 2.24) is 20.2 Å². The zero-order valence-corrected chi connectivity index (χ0v) is 20.9. The largest absolute Gasteiger partial charge is 0.488 e. The Bertz CT molecular complexity index is 1240. The maximum Gasteiger partial charge on any atom is 0.255 e. The normalized spacial score (nSPS) is 20.3. The van der Waals surface area contributed by atoms with Gasteiger partial charge in [-0.25, -0.2) is 0 Å². The zero-order chi connectivity index (χ0) is 24.5. The molecule has 3 N–H and O–H groups in total. The summed E-state index contributed by atoms with van der Waals surface area (Å²) in [4.78, 5) is 23.1. The average molecular weight is 496 g/mol. The number of ether oxygens (including phenoxy) is 2. The predicted molar refractivity (Wildman–Crippen MR) is 137 cm³/mol. The van der Waals surface area contributed by atoms with Crippen LogP contribution in [-0.4, -0.2) is 66.3 Å². The van der Waals surface area contributed by atoms with Crippen molar-refractivity contribution in [3.8, 4) is 17.0 Å². The highest BCUT2D eigenvalue weighted by molar-refractivity contribution is 6.31. The molecule has 4 heterocycles. The molecule has 2 aliphatic heterocycles. The Labute approximate surface area is 210 Å². The minimum absolute atomic E-state index is 0.0167. The summed E-state index contributed by atoms with van der Waals surface area (Å²) in [6, 6.07) is 7.63. The number of carbonyl (C=O) groups is 1. The lowest BCUT2D eigenvalue weighted by atomic mass is 10.0. The molecule has 5 rings (SSSR count). The molecule has 0 saturated carbocycles. The number of H-pyrrole nitrogens is 1. The molecule has 35 heavy (non-hydrogen) atoms. The van der Waals surface area contributed by atoms with E-state index in [-0.39, 0.29) is 18.1 Å². The minimum atomic E-state index is -0.112. The van der Waals surface area contributed by atoms with Gasteiger partial charge >= 0.3 is 0 Å². The van der Waals surface area contributed by atoms with Gasteiger partial charge in [0.2, 0.25) is 0 Å². The lowest BCUT2D eigenvalue weighted by molar-refractivity contribution is -0.0403. The predicted octanol–water partition coefficient (Wildman–Crippen LogP) is 4.17. The number of benzene rings is 1. The van der Waals surface area contributed by atoms with Gasteiger partial charge in [0.15, 0.2) is 0 Å². The highest BCUT2D eigenvalue weighted by atomic mass is 35.5. The molecule has 2 aromatic heterocycles. The van der Waals surface area contributed by atoms with Gasteiger partial charge in [0.1, 0.15) is 18.5 Å². The van der Waals surface area contributed by atoms with Crippen molar-refractivity contribution >= 4 is 28.9 Å². The van der Waals surface area contributed by atoms with Crippen LogP contribution in [0.1, 0.15) is 28.5 Å². The van der Waals surface area contributed by atoms with E-state index < -0.39 is 0 Å². The van der Waals surface area contributed by atoms with Crippen molar-refractivity contribution < 1.29 is 14.3 Å². The lowest BCUT2D eigenvalue weighted by Crippen LogP contribution is -2.42. The summed E-state index contributed by atoms with van der Waals surface area (Å²) in [5.74, 6) is 0.515. The summed E-state index contributed by atoms with van der Waals surface area (Å²) in [6.07, 6.45) is 4.12. The van der Waals surface area contributed by atoms with Crippen molar-refractivity contribution in [1.29, 1.82) is 0 Å². The van der Waals surface area contributed by atoms with E-state index >= 15 is 0 Å². The summed E-state index contributed by atoms with van der Waals surface area (Å²) >= 11 is 6.38. The van der Waals surface area contributed by atoms with E-state index in [0.717, 1.165) is 41.3 Å². The Morgan fingerprint density at radius 2 is 2.20 bits per heavy atom. The number of nitrogens with one attached hydrogen (secondary N) is 3. The smallest absolute Gasteiger partial charge is 0.255 e. The fraction of sp³-hybridized carbons (Fsp3) is 0.385. The van der Waals surface area contributed by atoms with Gasteiger partial charge in [-0.15, -0.1) is 0 Å². The van der Waals surface area contributed by atoms with Crippen molar-refractivity contribution in [3.05, 3.63) is 58.5 Å². The van der Waals surface area contributed by atoms with Crippen LogP contribution in [0.2, 0.25) is 5.02 Å². The van der Waals surface area contributed by atoms with Gasteiger partial charge < -0.3 is 30.0 Å². The first kappa shape index (κ1) is 23.7. The molecule has 1 fully saturated rings. The molecular formula is C26H30ClN5O3. The third-order valence-electron chi connectivity index (χ3n) is 6.54. The number of fused-ring (bicyclic) bond motifs is 1. The van der Waals surface area contributed by atoms with Gasteiger partial charge in [-0.05, 0) is 44.7 Å². The van der Waals surface area contributed by atoms with E-state index in [1.807, 2.05) is 38.1 Å². The van der Waals surface area contributed by atoms with Crippen LogP contribution in [-0.2, 0) is 11.2 Å². The summed E-state index contributed by atoms with van der Waals surface area (Å²) in [5.41, 5.74) is 5.53. The fourth-order valence-electron chi connectivity index (χ4n) is 4.67. The molecule has 0 radical (unpaired) electrons. The number of aromatic amines is 1. The van der Waals surface area contributed by atoms with E-state index in [0.29, 0.717) is 41.7 Å². The molecule has 9 heteroatoms. The molecule has 3 aromatic rings. The second kappa shape index (κ2) is 9.89. The quantitative estimate of drug-likeness (QED) is 0.475. The highest BCUT2D eigenvalue weighted by Gasteiger charge is 2.31. The lowest BCUT2D eigenvalue weighted by Gasteiger charge is -2.30. The molecule has 0 spiro atoms. The number of rotatable bonds is 6. The van der Waals surface area contributed by atoms with E-state index in [1.54, 1.807) is 12.4 Å². The number of hydrogen-bond acceptors (Lipinski definition) is 6. The summed E-state index contributed by atoms with van der Waals surface area (Å²) < 4.78 is 12.1. The molecule has 2 atom stereocenters.